The van der Waals surface area contributed by atoms with Crippen molar-refractivity contribution in [1.29, 1.82) is 0 Å². The number of Topliss-reactive ketones (excluding diaryl/α,β-unsaturated/α-hetero) is 1. The first-order valence-corrected chi connectivity index (χ1v) is 31.4. The Bertz CT molecular complexity index is 4160. The second-order valence-electron chi connectivity index (χ2n) is 19.0. The number of aromatic hydroxyl groups is 1. The van der Waals surface area contributed by atoms with Gasteiger partial charge in [0, 0.05) is 35.4 Å². The van der Waals surface area contributed by atoms with Crippen molar-refractivity contribution < 1.29 is 172 Å². The van der Waals surface area contributed by atoms with Crippen LogP contribution in [-0.4, -0.2) is 165 Å². The van der Waals surface area contributed by atoms with Crippen molar-refractivity contribution in [3.05, 3.63) is 209 Å². The van der Waals surface area contributed by atoms with Gasteiger partial charge in [-0.05, 0) is 98.8 Å². The number of hydrogen-bond donors (Lipinski definition) is 5. The molecule has 0 saturated carbocycles. The fourth-order valence-corrected chi connectivity index (χ4v) is 7.92. The minimum Gasteiger partial charge on any atom is -0.870 e. The number of phenols is 1. The number of ether oxygens (including phenoxy) is 9. The Morgan fingerprint density at radius 2 is 1.11 bits per heavy atom. The zero-order valence-corrected chi connectivity index (χ0v) is 62.5. The molecular weight excluding hydrogens is 1470 g/mol. The molecule has 6 N–H and O–H groups in total. The van der Waals surface area contributed by atoms with Crippen LogP contribution in [0.4, 0.5) is 11.6 Å². The number of carboxylic acid groups (broad SMARTS) is 2. The van der Waals surface area contributed by atoms with Crippen molar-refractivity contribution in [2.75, 3.05) is 91.3 Å². The van der Waals surface area contributed by atoms with Crippen molar-refractivity contribution in [3.63, 3.8) is 0 Å². The predicted molar refractivity (Wildman–Crippen MR) is 377 cm³/mol. The SMILES string of the molecule is CC(=O)Oc1coc2ccccc12.CCOC(=O)CCl.CCOC(=O)COc1ccccc1C(=O)OC.CN=C1COc2ccccc21.COC(=O)c1ccccc1O.CONc1c(N=O)oc2ccccc12.O=C(O)COc1ccccc1C(=O)O.O=C1COc2ccccc21.OCCBr.[K+].[OH-]. The molecule has 9 aromatic rings. The number of phenolic OH excluding ortho intramolecular Hbond substituents is 1. The number of carbonyl (C=O) groups excluding carboxylic acids is 6. The van der Waals surface area contributed by atoms with Crippen LogP contribution in [0.15, 0.2) is 195 Å². The number of alkyl halides is 2. The molecule has 0 unspecified atom stereocenters. The molecule has 11 rings (SSSR count). The number of benzene rings is 7. The molecule has 29 nitrogen and oxygen atoms in total. The number of anilines is 1. The third-order valence-corrected chi connectivity index (χ3v) is 12.7. The van der Waals surface area contributed by atoms with Gasteiger partial charge in [0.1, 0.15) is 81.0 Å². The second-order valence-corrected chi connectivity index (χ2v) is 20.0. The number of esters is 5. The van der Waals surface area contributed by atoms with Crippen LogP contribution in [0, 0.1) is 4.91 Å². The first kappa shape index (κ1) is 90.9. The Balaban J connectivity index is 0.000000587. The number of furan rings is 2. The summed E-state index contributed by atoms with van der Waals surface area (Å²) in [6.45, 7) is 5.79. The average Bonchev–Trinajstić information content (AvgIpc) is 1.68. The summed E-state index contributed by atoms with van der Waals surface area (Å²) in [5.41, 5.74) is 7.65. The number of aromatic carboxylic acids is 1. The van der Waals surface area contributed by atoms with E-state index in [0.717, 1.165) is 33.4 Å². The van der Waals surface area contributed by atoms with E-state index in [2.05, 4.69) is 45.8 Å². The average molecular weight is 1540 g/mol. The number of fused-ring (bicyclic) bond motifs is 4. The number of ketones is 1. The number of nitroso groups, excluding NO2 is 1. The molecule has 544 valence electrons. The van der Waals surface area contributed by atoms with Crippen molar-refractivity contribution in [1.82, 2.24) is 0 Å². The number of nitrogens with one attached hydrogen (secondary N) is 1. The molecule has 0 amide bonds. The molecule has 0 bridgehead atoms. The molecule has 0 atom stereocenters. The fraction of sp³-hybridized carbons (Fsp3) is 0.225. The van der Waals surface area contributed by atoms with Crippen molar-refractivity contribution >= 4 is 114 Å². The monoisotopic (exact) mass is 1540 g/mol. The number of aliphatic imine (C=N–C) groups is 1. The molecule has 0 spiro atoms. The van der Waals surface area contributed by atoms with E-state index < -0.39 is 36.5 Å². The number of aliphatic hydroxyl groups is 1. The standard InChI is InChI=1S/C12H14O5.C10H8O3.C9H8N2O3.C9H9NO.C9H8O5.C8H8O3.C8H6O2.C4H7ClO2.C2H5BrO.K.H2O/c1-3-16-11(13)8-17-10-7-5-4-6-9(10)12(14)15-2;1-7(11)13-10-6-12-9-5-3-2-4-8(9)10;1-13-11-8-6-4-2-3-5-7(6)14-9(8)10-12;1-10-8-6-11-9-5-3-2-4-7(8)9;10-8(11)5-14-7-4-2-1-3-6(7)9(12)13;1-11-8(10)6-4-2-3-5-7(6)9;9-7-5-10-8-4-2-1-3-6(7)8;1-2-7-4(6)3-5;3-1-2-4;;/h4-7H,3,8H2,1-2H3;2-6H,1H3;2-5,11H,1H3;2-5H,6H2,1H3;1-4H,5H2,(H,10,11)(H,12,13);2-5,9H,1H3;1-4H,5H2;2-3H2,1H3;4H,1-2H2;;1H2/q;;;;;;;;;+1;/p-1. The van der Waals surface area contributed by atoms with E-state index in [9.17, 15) is 43.3 Å². The summed E-state index contributed by atoms with van der Waals surface area (Å²) in [7, 11) is 5.80. The summed E-state index contributed by atoms with van der Waals surface area (Å²) < 4.78 is 53.8. The minimum atomic E-state index is -1.15. The van der Waals surface area contributed by atoms with E-state index in [1.807, 2.05) is 78.9 Å². The molecule has 2 aromatic heterocycles. The van der Waals surface area contributed by atoms with Crippen LogP contribution >= 0.6 is 27.5 Å². The second kappa shape index (κ2) is 52.0. The summed E-state index contributed by atoms with van der Waals surface area (Å²) in [6.07, 6.45) is 1.44. The number of aliphatic carboxylic acids is 1. The molecular formula is C71H74BrClKN3O26. The number of methoxy groups -OCH3 is 2. The first-order valence-electron chi connectivity index (χ1n) is 29.8. The zero-order valence-electron chi connectivity index (χ0n) is 57.1. The van der Waals surface area contributed by atoms with E-state index in [0.29, 0.717) is 59.2 Å². The predicted octanol–water partition coefficient (Wildman–Crippen LogP) is 9.35. The Morgan fingerprint density at radius 1 is 0.621 bits per heavy atom. The Kier molecular flexibility index (Phi) is 45.9. The largest absolute Gasteiger partial charge is 1.00 e. The van der Waals surface area contributed by atoms with Crippen LogP contribution in [0.2, 0.25) is 0 Å². The van der Waals surface area contributed by atoms with Crippen LogP contribution < -0.4 is 80.5 Å². The molecule has 2 aliphatic heterocycles. The summed E-state index contributed by atoms with van der Waals surface area (Å²) >= 11 is 8.05. The van der Waals surface area contributed by atoms with Crippen LogP contribution in [0.25, 0.3) is 21.9 Å². The fourth-order valence-electron chi connectivity index (χ4n) is 7.84. The number of aliphatic hydroxyl groups excluding tert-OH is 1. The van der Waals surface area contributed by atoms with Gasteiger partial charge in [-0.25, -0.2) is 24.0 Å². The Morgan fingerprint density at radius 3 is 1.63 bits per heavy atom. The molecule has 0 fully saturated rings. The maximum absolute atomic E-state index is 11.4. The smallest absolute Gasteiger partial charge is 0.870 e. The number of hydrogen-bond acceptors (Lipinski definition) is 27. The van der Waals surface area contributed by atoms with Gasteiger partial charge in [0.25, 0.3) is 5.88 Å². The maximum atomic E-state index is 11.4. The van der Waals surface area contributed by atoms with E-state index in [1.54, 1.807) is 81.6 Å². The molecule has 0 aliphatic carbocycles. The van der Waals surface area contributed by atoms with Gasteiger partial charge in [-0.1, -0.05) is 101 Å². The number of carbonyl (C=O) groups is 8. The van der Waals surface area contributed by atoms with Crippen LogP contribution in [0.3, 0.4) is 0 Å². The molecule has 103 heavy (non-hydrogen) atoms. The van der Waals surface area contributed by atoms with Crippen LogP contribution in [0.5, 0.6) is 34.5 Å². The van der Waals surface area contributed by atoms with E-state index >= 15 is 0 Å². The summed E-state index contributed by atoms with van der Waals surface area (Å²) in [4.78, 5) is 105. The van der Waals surface area contributed by atoms with Gasteiger partial charge in [-0.15, -0.1) is 16.5 Å². The minimum absolute atomic E-state index is 0. The van der Waals surface area contributed by atoms with Gasteiger partial charge in [0.15, 0.2) is 25.6 Å². The first-order chi connectivity index (χ1) is 48.7. The number of para-hydroxylation sites is 7. The zero-order chi connectivity index (χ0) is 74.5. The summed E-state index contributed by atoms with van der Waals surface area (Å²) in [6, 6.07) is 48.5. The third kappa shape index (κ3) is 32.2. The number of rotatable bonds is 17. The molecule has 2 aliphatic rings. The molecule has 0 saturated heterocycles. The quantitative estimate of drug-likeness (QED) is 0.0141. The van der Waals surface area contributed by atoms with E-state index in [-0.39, 0.29) is 134 Å². The van der Waals surface area contributed by atoms with Gasteiger partial charge in [-0.2, -0.15) is 0 Å². The van der Waals surface area contributed by atoms with Crippen molar-refractivity contribution in [2.45, 2.75) is 20.8 Å². The molecule has 0 radical (unpaired) electrons. The Labute approximate surface area is 646 Å². The Hall–Kier alpha value is -10.1. The van der Waals surface area contributed by atoms with Crippen molar-refractivity contribution in [3.8, 4) is 34.5 Å². The van der Waals surface area contributed by atoms with Gasteiger partial charge in [-0.3, -0.25) is 29.7 Å². The van der Waals surface area contributed by atoms with Gasteiger partial charge in [0.2, 0.25) is 5.78 Å². The summed E-state index contributed by atoms with van der Waals surface area (Å²) in [5.74, 6) is -2.04. The number of nitrogens with zero attached hydrogens (tertiary/aromatic N) is 2. The number of carboxylic acids is 2. The van der Waals surface area contributed by atoms with E-state index in [1.165, 1.54) is 64.8 Å². The maximum Gasteiger partial charge on any atom is 1.00 e. The van der Waals surface area contributed by atoms with Crippen LogP contribution in [0.1, 0.15) is 67.8 Å². The topological polar surface area (TPSA) is 420 Å². The normalized spacial score (nSPS) is 10.7. The molecule has 4 heterocycles. The number of halogens is 2. The van der Waals surface area contributed by atoms with Gasteiger partial charge >= 0.3 is 93.2 Å². The molecule has 7 aromatic carbocycles. The molecule has 32 heteroatoms. The van der Waals surface area contributed by atoms with Gasteiger partial charge < -0.3 is 77.4 Å². The van der Waals surface area contributed by atoms with E-state index in [4.69, 9.17) is 74.1 Å². The summed E-state index contributed by atoms with van der Waals surface area (Å²) in [5, 5.41) is 39.0. The van der Waals surface area contributed by atoms with Crippen LogP contribution in [-0.2, 0) is 43.0 Å². The van der Waals surface area contributed by atoms with Gasteiger partial charge in [0.05, 0.1) is 57.8 Å². The third-order valence-electron chi connectivity index (χ3n) is 12.2. The van der Waals surface area contributed by atoms with Crippen molar-refractivity contribution in [2.24, 2.45) is 10.2 Å².